The summed E-state index contributed by atoms with van der Waals surface area (Å²) in [6.45, 7) is 0.359. The highest BCUT2D eigenvalue weighted by atomic mass is 16.5. The molecule has 2 aromatic heterocycles. The van der Waals surface area contributed by atoms with Gasteiger partial charge in [-0.1, -0.05) is 30.3 Å². The van der Waals surface area contributed by atoms with Crippen molar-refractivity contribution in [2.75, 3.05) is 12.4 Å². The van der Waals surface area contributed by atoms with E-state index in [-0.39, 0.29) is 11.6 Å². The highest BCUT2D eigenvalue weighted by Crippen LogP contribution is 2.30. The second-order valence-corrected chi connectivity index (χ2v) is 4.77. The van der Waals surface area contributed by atoms with E-state index in [4.69, 9.17) is 4.74 Å². The summed E-state index contributed by atoms with van der Waals surface area (Å²) in [5.74, 6) is 0.0599. The summed E-state index contributed by atoms with van der Waals surface area (Å²) in [5.41, 5.74) is 2.74. The maximum atomic E-state index is 12.3. The first-order chi connectivity index (χ1) is 11.3. The van der Waals surface area contributed by atoms with Crippen LogP contribution in [-0.2, 0) is 11.3 Å². The normalized spacial score (nSPS) is 10.5. The molecule has 23 heavy (non-hydrogen) atoms. The number of H-pyrrole nitrogens is 1. The number of benzene rings is 1. The lowest BCUT2D eigenvalue weighted by atomic mass is 10.1. The van der Waals surface area contributed by atoms with Gasteiger partial charge in [-0.05, 0) is 5.56 Å². The van der Waals surface area contributed by atoms with Gasteiger partial charge < -0.3 is 10.1 Å². The fourth-order valence-electron chi connectivity index (χ4n) is 2.22. The fraction of sp³-hybridized carbons (Fsp3) is 0.125. The van der Waals surface area contributed by atoms with E-state index in [2.05, 4.69) is 25.5 Å². The van der Waals surface area contributed by atoms with Gasteiger partial charge in [-0.3, -0.25) is 14.9 Å². The molecular weight excluding hydrogens is 294 g/mol. The minimum atomic E-state index is -0.370. The number of carbonyl (C=O) groups is 1. The second kappa shape index (κ2) is 6.80. The van der Waals surface area contributed by atoms with Gasteiger partial charge in [0, 0.05) is 25.1 Å². The van der Waals surface area contributed by atoms with Crippen LogP contribution in [0.1, 0.15) is 16.2 Å². The van der Waals surface area contributed by atoms with Crippen molar-refractivity contribution in [1.29, 1.82) is 0 Å². The van der Waals surface area contributed by atoms with Crippen molar-refractivity contribution < 1.29 is 9.53 Å². The zero-order valence-electron chi connectivity index (χ0n) is 12.5. The molecule has 0 spiro atoms. The van der Waals surface area contributed by atoms with Crippen LogP contribution in [-0.4, -0.2) is 33.2 Å². The molecule has 3 rings (SSSR count). The number of anilines is 1. The van der Waals surface area contributed by atoms with Crippen molar-refractivity contribution in [3.8, 4) is 11.1 Å². The van der Waals surface area contributed by atoms with Gasteiger partial charge in [0.1, 0.15) is 5.69 Å². The molecule has 116 valence electrons. The average molecular weight is 309 g/mol. The molecule has 0 saturated carbocycles. The Hall–Kier alpha value is -3.06. The molecule has 0 saturated heterocycles. The molecule has 0 aliphatic rings. The highest BCUT2D eigenvalue weighted by Gasteiger charge is 2.18. The predicted molar refractivity (Wildman–Crippen MR) is 84.7 cm³/mol. The number of ether oxygens (including phenoxy) is 1. The molecule has 0 fully saturated rings. The Morgan fingerprint density at radius 1 is 1.26 bits per heavy atom. The molecule has 0 aliphatic carbocycles. The summed E-state index contributed by atoms with van der Waals surface area (Å²) >= 11 is 0. The Balaban J connectivity index is 1.95. The largest absolute Gasteiger partial charge is 0.378 e. The maximum absolute atomic E-state index is 12.3. The van der Waals surface area contributed by atoms with Gasteiger partial charge in [0.05, 0.1) is 18.5 Å². The molecule has 1 aromatic carbocycles. The van der Waals surface area contributed by atoms with Crippen molar-refractivity contribution in [2.24, 2.45) is 0 Å². The summed E-state index contributed by atoms with van der Waals surface area (Å²) in [6.07, 6.45) is 4.38. The number of hydrogen-bond donors (Lipinski definition) is 2. The number of aromatic nitrogens is 4. The van der Waals surface area contributed by atoms with Crippen LogP contribution in [0.2, 0.25) is 0 Å². The Morgan fingerprint density at radius 2 is 2.09 bits per heavy atom. The lowest BCUT2D eigenvalue weighted by Gasteiger charge is -2.07. The third-order valence-corrected chi connectivity index (χ3v) is 3.22. The first kappa shape index (κ1) is 14.9. The maximum Gasteiger partial charge on any atom is 0.277 e. The SMILES string of the molecule is COCc1[nH]nc(NC(=O)c2cnccn2)c1-c1ccccc1. The first-order valence-electron chi connectivity index (χ1n) is 6.98. The van der Waals surface area contributed by atoms with Gasteiger partial charge >= 0.3 is 0 Å². The van der Waals surface area contributed by atoms with E-state index in [0.717, 1.165) is 16.8 Å². The third-order valence-electron chi connectivity index (χ3n) is 3.22. The first-order valence-corrected chi connectivity index (χ1v) is 6.98. The topological polar surface area (TPSA) is 92.8 Å². The molecule has 0 radical (unpaired) electrons. The van der Waals surface area contributed by atoms with E-state index in [9.17, 15) is 4.79 Å². The summed E-state index contributed by atoms with van der Waals surface area (Å²) < 4.78 is 5.19. The van der Waals surface area contributed by atoms with Crippen LogP contribution in [0, 0.1) is 0 Å². The molecule has 7 nitrogen and oxygen atoms in total. The van der Waals surface area contributed by atoms with Crippen LogP contribution in [0.3, 0.4) is 0 Å². The van der Waals surface area contributed by atoms with Crippen LogP contribution in [0.25, 0.3) is 11.1 Å². The van der Waals surface area contributed by atoms with Crippen LogP contribution >= 0.6 is 0 Å². The summed E-state index contributed by atoms with van der Waals surface area (Å²) in [5, 5.41) is 9.86. The van der Waals surface area contributed by atoms with Crippen molar-refractivity contribution in [3.63, 3.8) is 0 Å². The Kier molecular flexibility index (Phi) is 4.39. The van der Waals surface area contributed by atoms with Gasteiger partial charge in [-0.15, -0.1) is 0 Å². The quantitative estimate of drug-likeness (QED) is 0.754. The highest BCUT2D eigenvalue weighted by molar-refractivity contribution is 6.04. The number of amides is 1. The van der Waals surface area contributed by atoms with Crippen LogP contribution in [0.15, 0.2) is 48.9 Å². The standard InChI is InChI=1S/C16H15N5O2/c1-23-10-13-14(11-5-3-2-4-6-11)15(21-20-13)19-16(22)12-9-17-7-8-18-12/h2-9H,10H2,1H3,(H2,19,20,21,22). The van der Waals surface area contributed by atoms with Gasteiger partial charge in [0.2, 0.25) is 0 Å². The smallest absolute Gasteiger partial charge is 0.277 e. The number of nitrogens with one attached hydrogen (secondary N) is 2. The number of carbonyl (C=O) groups excluding carboxylic acids is 1. The predicted octanol–water partition coefficient (Wildman–Crippen LogP) is 2.27. The number of rotatable bonds is 5. The van der Waals surface area contributed by atoms with Gasteiger partial charge in [-0.25, -0.2) is 4.98 Å². The zero-order chi connectivity index (χ0) is 16.1. The molecular formula is C16H15N5O2. The van der Waals surface area contributed by atoms with Gasteiger partial charge in [-0.2, -0.15) is 5.10 Å². The fourth-order valence-corrected chi connectivity index (χ4v) is 2.22. The number of nitrogens with zero attached hydrogens (tertiary/aromatic N) is 3. The van der Waals surface area contributed by atoms with E-state index < -0.39 is 0 Å². The number of aromatic amines is 1. The van der Waals surface area contributed by atoms with E-state index >= 15 is 0 Å². The van der Waals surface area contributed by atoms with E-state index in [1.165, 1.54) is 18.6 Å². The molecule has 7 heteroatoms. The molecule has 2 N–H and O–H groups in total. The van der Waals surface area contributed by atoms with E-state index in [0.29, 0.717) is 12.4 Å². The molecule has 2 heterocycles. The molecule has 1 amide bonds. The Morgan fingerprint density at radius 3 is 2.78 bits per heavy atom. The van der Waals surface area contributed by atoms with Crippen molar-refractivity contribution >= 4 is 11.7 Å². The number of methoxy groups -OCH3 is 1. The minimum absolute atomic E-state index is 0.225. The summed E-state index contributed by atoms with van der Waals surface area (Å²) in [7, 11) is 1.60. The van der Waals surface area contributed by atoms with Gasteiger partial charge in [0.15, 0.2) is 5.82 Å². The van der Waals surface area contributed by atoms with Crippen LogP contribution < -0.4 is 5.32 Å². The zero-order valence-corrected chi connectivity index (χ0v) is 12.5. The minimum Gasteiger partial charge on any atom is -0.378 e. The second-order valence-electron chi connectivity index (χ2n) is 4.77. The lowest BCUT2D eigenvalue weighted by Crippen LogP contribution is -2.14. The molecule has 0 unspecified atom stereocenters. The summed E-state index contributed by atoms with van der Waals surface area (Å²) in [4.78, 5) is 20.1. The van der Waals surface area contributed by atoms with Crippen molar-refractivity contribution in [2.45, 2.75) is 6.61 Å². The van der Waals surface area contributed by atoms with Crippen LogP contribution in [0.5, 0.6) is 0 Å². The lowest BCUT2D eigenvalue weighted by molar-refractivity contribution is 0.102. The average Bonchev–Trinajstić information content (AvgIpc) is 2.99. The van der Waals surface area contributed by atoms with Crippen molar-refractivity contribution in [3.05, 3.63) is 60.3 Å². The van der Waals surface area contributed by atoms with Crippen molar-refractivity contribution in [1.82, 2.24) is 20.2 Å². The van der Waals surface area contributed by atoms with Gasteiger partial charge in [0.25, 0.3) is 5.91 Å². The Labute approximate surface area is 132 Å². The molecule has 0 bridgehead atoms. The summed E-state index contributed by atoms with van der Waals surface area (Å²) in [6, 6.07) is 9.67. The van der Waals surface area contributed by atoms with Crippen LogP contribution in [0.4, 0.5) is 5.82 Å². The monoisotopic (exact) mass is 309 g/mol. The number of hydrogen-bond acceptors (Lipinski definition) is 5. The molecule has 0 aliphatic heterocycles. The molecule has 3 aromatic rings. The Bertz CT molecular complexity index is 787. The third kappa shape index (κ3) is 3.24. The van der Waals surface area contributed by atoms with E-state index in [1.807, 2.05) is 30.3 Å². The van der Waals surface area contributed by atoms with E-state index in [1.54, 1.807) is 7.11 Å². The molecule has 0 atom stereocenters.